The normalized spacial score (nSPS) is 34.2. The molecule has 2 heterocycles. The molecule has 2 aliphatic heterocycles. The molecule has 16 heavy (non-hydrogen) atoms. The third-order valence-corrected chi connectivity index (χ3v) is 5.37. The fourth-order valence-electron chi connectivity index (χ4n) is 1.97. The molecule has 2 rings (SSSR count). The molecule has 1 saturated heterocycles. The van der Waals surface area contributed by atoms with Crippen LogP contribution in [0.3, 0.4) is 0 Å². The van der Waals surface area contributed by atoms with E-state index >= 15 is 0 Å². The standard InChI is InChI=1S/C9H11NO4S2/c1-4(11)9(8(13)14)6(12)10-3-5(15-2)16-7(9)10/h3-4,7,11H,1-2H3,(H,13,14)/t4?,7-,9?/m0/s1. The third-order valence-electron chi connectivity index (χ3n) is 2.92. The topological polar surface area (TPSA) is 77.8 Å². The van der Waals surface area contributed by atoms with Crippen LogP contribution in [0.25, 0.3) is 0 Å². The lowest BCUT2D eigenvalue weighted by Crippen LogP contribution is -2.71. The van der Waals surface area contributed by atoms with Crippen molar-refractivity contribution in [3.05, 3.63) is 10.4 Å². The van der Waals surface area contributed by atoms with Crippen LogP contribution in [0, 0.1) is 5.41 Å². The van der Waals surface area contributed by atoms with Gasteiger partial charge in [0.1, 0.15) is 5.37 Å². The highest BCUT2D eigenvalue weighted by atomic mass is 32.2. The fraction of sp³-hybridized carbons (Fsp3) is 0.556. The van der Waals surface area contributed by atoms with Crippen molar-refractivity contribution in [1.82, 2.24) is 4.90 Å². The average Bonchev–Trinajstić information content (AvgIpc) is 2.57. The second-order valence-electron chi connectivity index (χ2n) is 3.69. The number of carbonyl (C=O) groups excluding carboxylic acids is 1. The highest BCUT2D eigenvalue weighted by Gasteiger charge is 2.70. The minimum absolute atomic E-state index is 0.514. The van der Waals surface area contributed by atoms with E-state index in [1.165, 1.54) is 35.3 Å². The molecule has 0 aromatic rings. The first-order valence-corrected chi connectivity index (χ1v) is 6.73. The van der Waals surface area contributed by atoms with Gasteiger partial charge in [0, 0.05) is 6.20 Å². The predicted molar refractivity (Wildman–Crippen MR) is 61.6 cm³/mol. The maximum Gasteiger partial charge on any atom is 0.325 e. The molecule has 0 radical (unpaired) electrons. The number of thioether (sulfide) groups is 2. The first-order valence-electron chi connectivity index (χ1n) is 4.63. The lowest BCUT2D eigenvalue weighted by molar-refractivity contribution is -0.185. The van der Waals surface area contributed by atoms with E-state index in [2.05, 4.69) is 0 Å². The Balaban J connectivity index is 2.34. The molecule has 0 bridgehead atoms. The molecule has 5 nitrogen and oxygen atoms in total. The zero-order chi connectivity index (χ0) is 12.1. The van der Waals surface area contributed by atoms with Gasteiger partial charge in [-0.05, 0) is 13.2 Å². The summed E-state index contributed by atoms with van der Waals surface area (Å²) >= 11 is 2.78. The van der Waals surface area contributed by atoms with Crippen LogP contribution in [-0.2, 0) is 9.59 Å². The molecule has 1 amide bonds. The Morgan fingerprint density at radius 2 is 2.38 bits per heavy atom. The van der Waals surface area contributed by atoms with E-state index in [-0.39, 0.29) is 0 Å². The van der Waals surface area contributed by atoms with Gasteiger partial charge in [-0.2, -0.15) is 0 Å². The number of aliphatic hydroxyl groups is 1. The summed E-state index contributed by atoms with van der Waals surface area (Å²) < 4.78 is 0.891. The van der Waals surface area contributed by atoms with Crippen LogP contribution < -0.4 is 0 Å². The summed E-state index contributed by atoms with van der Waals surface area (Å²) in [6.45, 7) is 1.35. The van der Waals surface area contributed by atoms with Gasteiger partial charge in [-0.1, -0.05) is 11.8 Å². The third kappa shape index (κ3) is 1.19. The first-order chi connectivity index (χ1) is 7.46. The number of rotatable bonds is 3. The molecule has 7 heteroatoms. The number of carboxylic acid groups (broad SMARTS) is 1. The van der Waals surface area contributed by atoms with Gasteiger partial charge in [0.05, 0.1) is 10.3 Å². The number of carbonyl (C=O) groups is 2. The van der Waals surface area contributed by atoms with Gasteiger partial charge >= 0.3 is 5.97 Å². The van der Waals surface area contributed by atoms with Crippen LogP contribution in [0.2, 0.25) is 0 Å². The molecular formula is C9H11NO4S2. The number of amides is 1. The summed E-state index contributed by atoms with van der Waals surface area (Å²) in [5, 5.41) is 18.3. The van der Waals surface area contributed by atoms with Gasteiger partial charge in [-0.3, -0.25) is 9.59 Å². The van der Waals surface area contributed by atoms with Crippen molar-refractivity contribution in [3.63, 3.8) is 0 Å². The number of aliphatic hydroxyl groups excluding tert-OH is 1. The minimum Gasteiger partial charge on any atom is -0.480 e. The Labute approximate surface area is 101 Å². The van der Waals surface area contributed by atoms with E-state index in [4.69, 9.17) is 0 Å². The Bertz CT molecular complexity index is 395. The number of aliphatic carboxylic acids is 1. The van der Waals surface area contributed by atoms with Crippen LogP contribution in [-0.4, -0.2) is 44.7 Å². The van der Waals surface area contributed by atoms with Gasteiger partial charge in [0.15, 0.2) is 0 Å². The first kappa shape index (κ1) is 11.8. The van der Waals surface area contributed by atoms with Gasteiger partial charge in [-0.15, -0.1) is 11.8 Å². The Hall–Kier alpha value is -0.660. The molecule has 3 atom stereocenters. The van der Waals surface area contributed by atoms with Crippen molar-refractivity contribution < 1.29 is 19.8 Å². The fourth-order valence-corrected chi connectivity index (χ4v) is 4.10. The van der Waals surface area contributed by atoms with Crippen LogP contribution in [0.1, 0.15) is 6.92 Å². The molecule has 0 spiro atoms. The van der Waals surface area contributed by atoms with E-state index in [1.54, 1.807) is 6.20 Å². The minimum atomic E-state index is -1.68. The highest BCUT2D eigenvalue weighted by Crippen LogP contribution is 2.56. The Morgan fingerprint density at radius 1 is 1.75 bits per heavy atom. The second kappa shape index (κ2) is 3.68. The van der Waals surface area contributed by atoms with E-state index < -0.39 is 28.8 Å². The SMILES string of the molecule is CSC1=CN2C(=O)C(C(=O)O)(C(C)O)[C@@H]2S1. The van der Waals surface area contributed by atoms with Crippen molar-refractivity contribution >= 4 is 35.4 Å². The summed E-state index contributed by atoms with van der Waals surface area (Å²) in [6.07, 6.45) is 2.31. The summed E-state index contributed by atoms with van der Waals surface area (Å²) in [4.78, 5) is 24.5. The summed E-state index contributed by atoms with van der Waals surface area (Å²) in [5.41, 5.74) is -1.68. The summed E-state index contributed by atoms with van der Waals surface area (Å²) in [7, 11) is 0. The van der Waals surface area contributed by atoms with Crippen molar-refractivity contribution in [1.29, 1.82) is 0 Å². The van der Waals surface area contributed by atoms with Crippen LogP contribution in [0.15, 0.2) is 10.4 Å². The molecule has 1 fully saturated rings. The van der Waals surface area contributed by atoms with Crippen molar-refractivity contribution in [2.75, 3.05) is 6.26 Å². The van der Waals surface area contributed by atoms with Gasteiger partial charge in [0.2, 0.25) is 5.41 Å². The molecule has 0 aromatic carbocycles. The zero-order valence-electron chi connectivity index (χ0n) is 8.71. The van der Waals surface area contributed by atoms with E-state index in [0.29, 0.717) is 0 Å². The molecule has 2 unspecified atom stereocenters. The number of fused-ring (bicyclic) bond motifs is 1. The van der Waals surface area contributed by atoms with Gasteiger partial charge < -0.3 is 15.1 Å². The van der Waals surface area contributed by atoms with E-state index in [0.717, 1.165) is 4.24 Å². The lowest BCUT2D eigenvalue weighted by Gasteiger charge is -2.49. The smallest absolute Gasteiger partial charge is 0.325 e. The number of carboxylic acids is 1. The second-order valence-corrected chi connectivity index (χ2v) is 5.91. The largest absolute Gasteiger partial charge is 0.480 e. The summed E-state index contributed by atoms with van der Waals surface area (Å²) in [6, 6.07) is 0. The highest BCUT2D eigenvalue weighted by molar-refractivity contribution is 8.22. The number of nitrogens with zero attached hydrogens (tertiary/aromatic N) is 1. The molecular weight excluding hydrogens is 250 g/mol. The number of β-lactam (4-membered cyclic amide) rings is 1. The Kier molecular flexibility index (Phi) is 2.72. The van der Waals surface area contributed by atoms with Crippen molar-refractivity contribution in [2.45, 2.75) is 18.4 Å². The van der Waals surface area contributed by atoms with Gasteiger partial charge in [0.25, 0.3) is 5.91 Å². The predicted octanol–water partition coefficient (Wildman–Crippen LogP) is 0.515. The maximum absolute atomic E-state index is 11.8. The van der Waals surface area contributed by atoms with Gasteiger partial charge in [-0.25, -0.2) is 0 Å². The zero-order valence-corrected chi connectivity index (χ0v) is 10.3. The van der Waals surface area contributed by atoms with Crippen molar-refractivity contribution in [3.8, 4) is 0 Å². The molecule has 2 N–H and O–H groups in total. The molecule has 0 saturated carbocycles. The molecule has 0 aromatic heterocycles. The van der Waals surface area contributed by atoms with Crippen molar-refractivity contribution in [2.24, 2.45) is 5.41 Å². The average molecular weight is 261 g/mol. The summed E-state index contributed by atoms with van der Waals surface area (Å²) in [5.74, 6) is -1.78. The number of hydrogen-bond acceptors (Lipinski definition) is 5. The van der Waals surface area contributed by atoms with E-state index in [9.17, 15) is 19.8 Å². The van der Waals surface area contributed by atoms with Crippen LogP contribution >= 0.6 is 23.5 Å². The quantitative estimate of drug-likeness (QED) is 0.569. The number of hydrogen-bond donors (Lipinski definition) is 2. The van der Waals surface area contributed by atoms with E-state index in [1.807, 2.05) is 6.26 Å². The van der Waals surface area contributed by atoms with Crippen LogP contribution in [0.4, 0.5) is 0 Å². The monoisotopic (exact) mass is 261 g/mol. The molecule has 0 aliphatic carbocycles. The molecule has 2 aliphatic rings. The molecule has 88 valence electrons. The lowest BCUT2D eigenvalue weighted by atomic mass is 9.74. The maximum atomic E-state index is 11.8. The Morgan fingerprint density at radius 3 is 2.81 bits per heavy atom. The van der Waals surface area contributed by atoms with Crippen LogP contribution in [0.5, 0.6) is 0 Å².